The summed E-state index contributed by atoms with van der Waals surface area (Å²) in [5.41, 5.74) is 0.327. The van der Waals surface area contributed by atoms with Gasteiger partial charge in [-0.25, -0.2) is 9.78 Å². The summed E-state index contributed by atoms with van der Waals surface area (Å²) in [6, 6.07) is -0.245. The molecule has 104 valence electrons. The molecule has 1 aliphatic heterocycles. The number of hydrogen-bond acceptors (Lipinski definition) is 6. The van der Waals surface area contributed by atoms with Crippen molar-refractivity contribution in [2.45, 2.75) is 26.3 Å². The van der Waals surface area contributed by atoms with Crippen molar-refractivity contribution in [3.05, 3.63) is 10.6 Å². The number of thiazole rings is 1. The van der Waals surface area contributed by atoms with E-state index in [1.165, 1.54) is 11.3 Å². The van der Waals surface area contributed by atoms with Crippen molar-refractivity contribution < 1.29 is 14.3 Å². The van der Waals surface area contributed by atoms with Gasteiger partial charge in [-0.3, -0.25) is 4.79 Å². The molecular weight excluding hydrogens is 266 g/mol. The molecular formula is C12H17N3O3S. The lowest BCUT2D eigenvalue weighted by atomic mass is 10.2. The Kier molecular flexibility index (Phi) is 4.04. The van der Waals surface area contributed by atoms with E-state index in [1.807, 2.05) is 6.92 Å². The van der Waals surface area contributed by atoms with E-state index in [4.69, 9.17) is 4.74 Å². The lowest BCUT2D eigenvalue weighted by molar-refractivity contribution is -0.127. The third kappa shape index (κ3) is 2.86. The van der Waals surface area contributed by atoms with Gasteiger partial charge >= 0.3 is 5.97 Å². The van der Waals surface area contributed by atoms with Gasteiger partial charge in [-0.1, -0.05) is 0 Å². The van der Waals surface area contributed by atoms with E-state index >= 15 is 0 Å². The highest BCUT2D eigenvalue weighted by Crippen LogP contribution is 2.25. The summed E-state index contributed by atoms with van der Waals surface area (Å²) in [4.78, 5) is 30.1. The van der Waals surface area contributed by atoms with E-state index in [-0.39, 0.29) is 11.9 Å². The number of carbonyl (C=O) groups is 2. The standard InChI is InChI=1S/C12H17N3O3S/c1-4-18-11(17)9-7(2)19-12(14-9)13-8-5-6-15(3)10(8)16/h8H,4-6H2,1-3H3,(H,13,14). The van der Waals surface area contributed by atoms with Crippen molar-refractivity contribution in [3.63, 3.8) is 0 Å². The number of amides is 1. The number of ether oxygens (including phenoxy) is 1. The van der Waals surface area contributed by atoms with Crippen LogP contribution in [-0.2, 0) is 9.53 Å². The number of likely N-dealkylation sites (tertiary alicyclic amines) is 1. The van der Waals surface area contributed by atoms with Crippen molar-refractivity contribution in [2.75, 3.05) is 25.5 Å². The molecule has 2 heterocycles. The van der Waals surface area contributed by atoms with Crippen LogP contribution in [0.15, 0.2) is 0 Å². The van der Waals surface area contributed by atoms with Crippen LogP contribution in [0.4, 0.5) is 5.13 Å². The van der Waals surface area contributed by atoms with Crippen LogP contribution in [0, 0.1) is 6.92 Å². The van der Waals surface area contributed by atoms with Gasteiger partial charge < -0.3 is 15.0 Å². The summed E-state index contributed by atoms with van der Waals surface area (Å²) in [5.74, 6) is -0.357. The molecule has 1 unspecified atom stereocenters. The van der Waals surface area contributed by atoms with Crippen LogP contribution in [0.25, 0.3) is 0 Å². The Labute approximate surface area is 115 Å². The smallest absolute Gasteiger partial charge is 0.358 e. The van der Waals surface area contributed by atoms with Crippen molar-refractivity contribution in [2.24, 2.45) is 0 Å². The molecule has 1 aromatic rings. The van der Waals surface area contributed by atoms with E-state index in [0.717, 1.165) is 17.8 Å². The van der Waals surface area contributed by atoms with Gasteiger partial charge in [0.1, 0.15) is 6.04 Å². The fraction of sp³-hybridized carbons (Fsp3) is 0.583. The normalized spacial score (nSPS) is 18.8. The molecule has 19 heavy (non-hydrogen) atoms. The highest BCUT2D eigenvalue weighted by Gasteiger charge is 2.30. The second-order valence-electron chi connectivity index (χ2n) is 4.39. The number of aryl methyl sites for hydroxylation is 1. The molecule has 0 aliphatic carbocycles. The van der Waals surface area contributed by atoms with E-state index in [9.17, 15) is 9.59 Å². The number of aromatic nitrogens is 1. The van der Waals surface area contributed by atoms with Crippen molar-refractivity contribution in [1.29, 1.82) is 0 Å². The lowest BCUT2D eigenvalue weighted by Crippen LogP contribution is -2.30. The first-order valence-corrected chi connectivity index (χ1v) is 7.00. The molecule has 2 rings (SSSR count). The first-order valence-electron chi connectivity index (χ1n) is 6.19. The molecule has 6 nitrogen and oxygen atoms in total. The van der Waals surface area contributed by atoms with Crippen LogP contribution >= 0.6 is 11.3 Å². The van der Waals surface area contributed by atoms with Gasteiger partial charge in [0.15, 0.2) is 10.8 Å². The molecule has 1 atom stereocenters. The van der Waals surface area contributed by atoms with Gasteiger partial charge in [-0.05, 0) is 20.3 Å². The molecule has 7 heteroatoms. The molecule has 1 N–H and O–H groups in total. The van der Waals surface area contributed by atoms with Crippen LogP contribution < -0.4 is 5.32 Å². The minimum Gasteiger partial charge on any atom is -0.461 e. The molecule has 0 radical (unpaired) electrons. The number of anilines is 1. The predicted molar refractivity (Wildman–Crippen MR) is 72.5 cm³/mol. The Hall–Kier alpha value is -1.63. The summed E-state index contributed by atoms with van der Waals surface area (Å²) >= 11 is 1.36. The summed E-state index contributed by atoms with van der Waals surface area (Å²) in [6.07, 6.45) is 0.753. The van der Waals surface area contributed by atoms with Crippen LogP contribution in [0.2, 0.25) is 0 Å². The molecule has 1 amide bonds. The average Bonchev–Trinajstić information content (AvgIpc) is 2.87. The molecule has 0 spiro atoms. The number of rotatable bonds is 4. The maximum Gasteiger partial charge on any atom is 0.358 e. The first-order chi connectivity index (χ1) is 9.02. The maximum atomic E-state index is 11.8. The highest BCUT2D eigenvalue weighted by atomic mass is 32.1. The number of nitrogens with one attached hydrogen (secondary N) is 1. The van der Waals surface area contributed by atoms with E-state index in [0.29, 0.717) is 17.4 Å². The number of hydrogen-bond donors (Lipinski definition) is 1. The Morgan fingerprint density at radius 1 is 1.63 bits per heavy atom. The van der Waals surface area contributed by atoms with Crippen LogP contribution in [0.1, 0.15) is 28.7 Å². The molecule has 1 fully saturated rings. The largest absolute Gasteiger partial charge is 0.461 e. The summed E-state index contributed by atoms with van der Waals surface area (Å²) < 4.78 is 4.93. The van der Waals surface area contributed by atoms with Crippen LogP contribution in [-0.4, -0.2) is 48.0 Å². The second-order valence-corrected chi connectivity index (χ2v) is 5.59. The SMILES string of the molecule is CCOC(=O)c1nc(NC2CCN(C)C2=O)sc1C. The zero-order valence-corrected chi connectivity index (χ0v) is 12.0. The molecule has 0 aromatic carbocycles. The Bertz CT molecular complexity index is 500. The Morgan fingerprint density at radius 3 is 2.95 bits per heavy atom. The highest BCUT2D eigenvalue weighted by molar-refractivity contribution is 7.15. The summed E-state index contributed by atoms with van der Waals surface area (Å²) in [5, 5.41) is 3.68. The molecule has 0 saturated carbocycles. The van der Waals surface area contributed by atoms with Gasteiger partial charge in [0.25, 0.3) is 0 Å². The van der Waals surface area contributed by atoms with Gasteiger partial charge in [0.05, 0.1) is 6.61 Å². The van der Waals surface area contributed by atoms with Crippen molar-refractivity contribution in [1.82, 2.24) is 9.88 Å². The topological polar surface area (TPSA) is 71.5 Å². The van der Waals surface area contributed by atoms with Gasteiger partial charge in [0.2, 0.25) is 5.91 Å². The number of nitrogens with zero attached hydrogens (tertiary/aromatic N) is 2. The minimum atomic E-state index is -0.417. The minimum absolute atomic E-state index is 0.0607. The maximum absolute atomic E-state index is 11.8. The van der Waals surface area contributed by atoms with E-state index in [1.54, 1.807) is 18.9 Å². The summed E-state index contributed by atoms with van der Waals surface area (Å²) in [7, 11) is 1.78. The second kappa shape index (κ2) is 5.56. The first kappa shape index (κ1) is 13.8. The third-order valence-corrected chi connectivity index (χ3v) is 3.89. The zero-order chi connectivity index (χ0) is 14.0. The van der Waals surface area contributed by atoms with Gasteiger partial charge in [-0.15, -0.1) is 11.3 Å². The number of esters is 1. The number of carbonyl (C=O) groups excluding carboxylic acids is 2. The van der Waals surface area contributed by atoms with Gasteiger partial charge in [0, 0.05) is 18.5 Å². The molecule has 1 saturated heterocycles. The molecule has 1 aromatic heterocycles. The third-order valence-electron chi connectivity index (χ3n) is 2.99. The quantitative estimate of drug-likeness (QED) is 0.843. The van der Waals surface area contributed by atoms with Crippen LogP contribution in [0.5, 0.6) is 0 Å². The molecule has 0 bridgehead atoms. The van der Waals surface area contributed by atoms with Crippen molar-refractivity contribution >= 4 is 28.3 Å². The van der Waals surface area contributed by atoms with E-state index in [2.05, 4.69) is 10.3 Å². The Balaban J connectivity index is 2.08. The van der Waals surface area contributed by atoms with Gasteiger partial charge in [-0.2, -0.15) is 0 Å². The van der Waals surface area contributed by atoms with E-state index < -0.39 is 5.97 Å². The monoisotopic (exact) mass is 283 g/mol. The lowest BCUT2D eigenvalue weighted by Gasteiger charge is -2.10. The fourth-order valence-electron chi connectivity index (χ4n) is 1.95. The average molecular weight is 283 g/mol. The fourth-order valence-corrected chi connectivity index (χ4v) is 2.81. The molecule has 1 aliphatic rings. The Morgan fingerprint density at radius 2 is 2.37 bits per heavy atom. The van der Waals surface area contributed by atoms with Crippen molar-refractivity contribution in [3.8, 4) is 0 Å². The zero-order valence-electron chi connectivity index (χ0n) is 11.2. The van der Waals surface area contributed by atoms with Crippen LogP contribution in [0.3, 0.4) is 0 Å². The summed E-state index contributed by atoms with van der Waals surface area (Å²) in [6.45, 7) is 4.64. The number of likely N-dealkylation sites (N-methyl/N-ethyl adjacent to an activating group) is 1. The predicted octanol–water partition coefficient (Wildman–Crippen LogP) is 1.27.